The van der Waals surface area contributed by atoms with Gasteiger partial charge in [0.05, 0.1) is 6.10 Å². The highest BCUT2D eigenvalue weighted by molar-refractivity contribution is 5.94. The van der Waals surface area contributed by atoms with Crippen LogP contribution in [0.25, 0.3) is 0 Å². The normalized spacial score (nSPS) is 20.5. The first-order valence-electron chi connectivity index (χ1n) is 10.8. The van der Waals surface area contributed by atoms with E-state index in [9.17, 15) is 34.2 Å². The van der Waals surface area contributed by atoms with Gasteiger partial charge in [-0.15, -0.1) is 0 Å². The molecule has 1 aliphatic rings. The van der Waals surface area contributed by atoms with Crippen LogP contribution >= 0.6 is 0 Å². The molecule has 0 aromatic heterocycles. The molecule has 1 rings (SSSR count). The fraction of sp³-hybridized carbons (Fsp3) is 0.750. The highest BCUT2D eigenvalue weighted by Gasteiger charge is 2.39. The maximum absolute atomic E-state index is 13.2. The SMILES string of the molecule is CCC(C)C(NC(=O)C1CCCN1C(=O)C(CCC(N)=O)NC(=O)C(N)C(C)O)C(=O)O. The van der Waals surface area contributed by atoms with Crippen LogP contribution in [0.5, 0.6) is 0 Å². The van der Waals surface area contributed by atoms with E-state index in [-0.39, 0.29) is 25.3 Å². The molecule has 182 valence electrons. The highest BCUT2D eigenvalue weighted by Crippen LogP contribution is 2.21. The molecule has 12 nitrogen and oxygen atoms in total. The number of rotatable bonds is 12. The minimum absolute atomic E-state index is 0.109. The number of nitrogens with two attached hydrogens (primary N) is 2. The number of hydrogen-bond acceptors (Lipinski definition) is 7. The zero-order valence-electron chi connectivity index (χ0n) is 18.7. The molecule has 0 aromatic rings. The molecule has 4 amide bonds. The summed E-state index contributed by atoms with van der Waals surface area (Å²) in [7, 11) is 0. The van der Waals surface area contributed by atoms with Crippen LogP contribution in [0.15, 0.2) is 0 Å². The second-order valence-electron chi connectivity index (χ2n) is 8.23. The largest absolute Gasteiger partial charge is 0.480 e. The van der Waals surface area contributed by atoms with Crippen molar-refractivity contribution in [3.63, 3.8) is 0 Å². The number of amides is 4. The first-order chi connectivity index (χ1) is 14.9. The van der Waals surface area contributed by atoms with E-state index in [2.05, 4.69) is 10.6 Å². The van der Waals surface area contributed by atoms with Crippen LogP contribution in [0.3, 0.4) is 0 Å². The second-order valence-corrected chi connectivity index (χ2v) is 8.23. The van der Waals surface area contributed by atoms with Gasteiger partial charge >= 0.3 is 5.97 Å². The quantitative estimate of drug-likeness (QED) is 0.194. The Bertz CT molecular complexity index is 714. The molecule has 1 heterocycles. The van der Waals surface area contributed by atoms with Gasteiger partial charge in [-0.25, -0.2) is 4.79 Å². The average molecular weight is 458 g/mol. The Balaban J connectivity index is 3.01. The summed E-state index contributed by atoms with van der Waals surface area (Å²) in [5.41, 5.74) is 10.8. The first kappa shape index (κ1) is 27.3. The van der Waals surface area contributed by atoms with Crippen LogP contribution in [-0.2, 0) is 24.0 Å². The van der Waals surface area contributed by atoms with Gasteiger partial charge < -0.3 is 37.2 Å². The third-order valence-electron chi connectivity index (χ3n) is 5.73. The minimum atomic E-state index is -1.29. The van der Waals surface area contributed by atoms with Crippen LogP contribution < -0.4 is 22.1 Å². The summed E-state index contributed by atoms with van der Waals surface area (Å²) < 4.78 is 0. The van der Waals surface area contributed by atoms with E-state index in [1.54, 1.807) is 6.92 Å². The van der Waals surface area contributed by atoms with Gasteiger partial charge in [0.1, 0.15) is 24.2 Å². The summed E-state index contributed by atoms with van der Waals surface area (Å²) >= 11 is 0. The number of primary amides is 1. The predicted molar refractivity (Wildman–Crippen MR) is 114 cm³/mol. The lowest BCUT2D eigenvalue weighted by Crippen LogP contribution is -2.58. The van der Waals surface area contributed by atoms with Gasteiger partial charge in [0.25, 0.3) is 0 Å². The number of aliphatic hydroxyl groups excluding tert-OH is 1. The van der Waals surface area contributed by atoms with E-state index in [1.807, 2.05) is 6.92 Å². The molecular weight excluding hydrogens is 422 g/mol. The Morgan fingerprint density at radius 3 is 2.28 bits per heavy atom. The zero-order valence-corrected chi connectivity index (χ0v) is 18.7. The fourth-order valence-electron chi connectivity index (χ4n) is 3.47. The molecule has 32 heavy (non-hydrogen) atoms. The molecule has 1 saturated heterocycles. The van der Waals surface area contributed by atoms with Crippen molar-refractivity contribution < 1.29 is 34.2 Å². The number of carboxylic acid groups (broad SMARTS) is 1. The van der Waals surface area contributed by atoms with Gasteiger partial charge in [-0.05, 0) is 32.1 Å². The van der Waals surface area contributed by atoms with Gasteiger partial charge in [0, 0.05) is 13.0 Å². The molecule has 6 atom stereocenters. The van der Waals surface area contributed by atoms with E-state index in [0.717, 1.165) is 0 Å². The standard InChI is InChI=1S/C20H35N5O7/c1-4-10(2)16(20(31)32)24-17(28)13-6-5-9-25(13)19(30)12(7-8-14(21)27)23-18(29)15(22)11(3)26/h10-13,15-16,26H,4-9,22H2,1-3H3,(H2,21,27)(H,23,29)(H,24,28)(H,31,32). The molecule has 1 aliphatic heterocycles. The smallest absolute Gasteiger partial charge is 0.326 e. The molecule has 0 aliphatic carbocycles. The van der Waals surface area contributed by atoms with E-state index >= 15 is 0 Å². The maximum Gasteiger partial charge on any atom is 0.326 e. The lowest BCUT2D eigenvalue weighted by molar-refractivity contribution is -0.146. The maximum atomic E-state index is 13.2. The van der Waals surface area contributed by atoms with Crippen LogP contribution in [0.4, 0.5) is 0 Å². The van der Waals surface area contributed by atoms with Crippen molar-refractivity contribution in [3.8, 4) is 0 Å². The first-order valence-corrected chi connectivity index (χ1v) is 10.8. The molecule has 0 bridgehead atoms. The Morgan fingerprint density at radius 1 is 1.16 bits per heavy atom. The zero-order chi connectivity index (χ0) is 24.6. The van der Waals surface area contributed by atoms with Crippen molar-refractivity contribution in [1.29, 1.82) is 0 Å². The van der Waals surface area contributed by atoms with Gasteiger partial charge in [0.15, 0.2) is 0 Å². The lowest BCUT2D eigenvalue weighted by Gasteiger charge is -2.30. The van der Waals surface area contributed by atoms with Crippen LogP contribution in [0.1, 0.15) is 52.9 Å². The molecule has 0 aromatic carbocycles. The minimum Gasteiger partial charge on any atom is -0.480 e. The summed E-state index contributed by atoms with van der Waals surface area (Å²) in [6.07, 6.45) is -0.0963. The van der Waals surface area contributed by atoms with Crippen molar-refractivity contribution in [2.24, 2.45) is 17.4 Å². The molecule has 6 unspecified atom stereocenters. The van der Waals surface area contributed by atoms with Crippen molar-refractivity contribution in [2.75, 3.05) is 6.54 Å². The number of likely N-dealkylation sites (tertiary alicyclic amines) is 1. The topological polar surface area (TPSA) is 205 Å². The Kier molecular flexibility index (Phi) is 10.5. The monoisotopic (exact) mass is 457 g/mol. The fourth-order valence-corrected chi connectivity index (χ4v) is 3.47. The van der Waals surface area contributed by atoms with Crippen LogP contribution in [0.2, 0.25) is 0 Å². The molecule has 1 fully saturated rings. The predicted octanol–water partition coefficient (Wildman–Crippen LogP) is -1.95. The second kappa shape index (κ2) is 12.3. The van der Waals surface area contributed by atoms with Crippen molar-refractivity contribution in [2.45, 2.75) is 83.1 Å². The number of carbonyl (C=O) groups excluding carboxylic acids is 4. The molecule has 12 heteroatoms. The lowest BCUT2D eigenvalue weighted by atomic mass is 9.98. The Hall–Kier alpha value is -2.73. The van der Waals surface area contributed by atoms with E-state index in [0.29, 0.717) is 19.3 Å². The third kappa shape index (κ3) is 7.45. The summed E-state index contributed by atoms with van der Waals surface area (Å²) in [4.78, 5) is 62.3. The highest BCUT2D eigenvalue weighted by atomic mass is 16.4. The van der Waals surface area contributed by atoms with Gasteiger partial charge in [-0.3, -0.25) is 19.2 Å². The Labute approximate surface area is 187 Å². The summed E-state index contributed by atoms with van der Waals surface area (Å²) in [5, 5.41) is 23.9. The van der Waals surface area contributed by atoms with Crippen molar-refractivity contribution >= 4 is 29.6 Å². The molecule has 8 N–H and O–H groups in total. The summed E-state index contributed by atoms with van der Waals surface area (Å²) in [6.45, 7) is 5.06. The average Bonchev–Trinajstić information content (AvgIpc) is 3.22. The molecule has 0 radical (unpaired) electrons. The molecular formula is C20H35N5O7. The number of aliphatic carboxylic acids is 1. The number of carbonyl (C=O) groups is 5. The number of hydrogen-bond donors (Lipinski definition) is 6. The number of nitrogens with one attached hydrogen (secondary N) is 2. The van der Waals surface area contributed by atoms with Crippen LogP contribution in [-0.4, -0.2) is 81.5 Å². The van der Waals surface area contributed by atoms with Crippen LogP contribution in [0, 0.1) is 5.92 Å². The Morgan fingerprint density at radius 2 is 1.78 bits per heavy atom. The van der Waals surface area contributed by atoms with Gasteiger partial charge in [-0.2, -0.15) is 0 Å². The third-order valence-corrected chi connectivity index (χ3v) is 5.73. The van der Waals surface area contributed by atoms with E-state index < -0.39 is 59.9 Å². The number of carboxylic acids is 1. The summed E-state index contributed by atoms with van der Waals surface area (Å²) in [5.74, 6) is -4.14. The van der Waals surface area contributed by atoms with E-state index in [4.69, 9.17) is 11.5 Å². The molecule has 0 saturated carbocycles. The van der Waals surface area contributed by atoms with Gasteiger partial charge in [0.2, 0.25) is 23.6 Å². The van der Waals surface area contributed by atoms with Crippen molar-refractivity contribution in [1.82, 2.24) is 15.5 Å². The molecule has 0 spiro atoms. The summed E-state index contributed by atoms with van der Waals surface area (Å²) in [6, 6.07) is -4.48. The van der Waals surface area contributed by atoms with Gasteiger partial charge in [-0.1, -0.05) is 20.3 Å². The number of nitrogens with zero attached hydrogens (tertiary/aromatic N) is 1. The van der Waals surface area contributed by atoms with Crippen molar-refractivity contribution in [3.05, 3.63) is 0 Å². The van der Waals surface area contributed by atoms with E-state index in [1.165, 1.54) is 11.8 Å². The number of aliphatic hydroxyl groups is 1.